The molecule has 0 bridgehead atoms. The van der Waals surface area contributed by atoms with Crippen molar-refractivity contribution < 1.29 is 15.0 Å². The molecule has 0 fully saturated rings. The number of imidazole rings is 1. The predicted molar refractivity (Wildman–Crippen MR) is 56.5 cm³/mol. The van der Waals surface area contributed by atoms with Gasteiger partial charge in [-0.3, -0.25) is 9.36 Å². The van der Waals surface area contributed by atoms with Crippen molar-refractivity contribution in [1.29, 1.82) is 0 Å². The molecule has 1 aromatic carbocycles. The molecule has 0 amide bonds. The number of aromatic nitrogens is 2. The maximum Gasteiger partial charge on any atom is 0.326 e. The van der Waals surface area contributed by atoms with Crippen molar-refractivity contribution in [3.05, 3.63) is 28.7 Å². The Morgan fingerprint density at radius 2 is 2.19 bits per heavy atom. The molecule has 0 aliphatic rings. The van der Waals surface area contributed by atoms with Gasteiger partial charge in [0.05, 0.1) is 11.9 Å². The molecular formula is C10H10N2O4. The number of benzene rings is 1. The summed E-state index contributed by atoms with van der Waals surface area (Å²) in [5.41, 5.74) is 0.418. The smallest absolute Gasteiger partial charge is 0.326 e. The number of H-pyrrole nitrogens is 1. The first kappa shape index (κ1) is 10.3. The second-order valence-electron chi connectivity index (χ2n) is 3.40. The maximum absolute atomic E-state index is 11.5. The van der Waals surface area contributed by atoms with Gasteiger partial charge in [-0.05, 0) is 12.1 Å². The average Bonchev–Trinajstić information content (AvgIpc) is 2.52. The van der Waals surface area contributed by atoms with E-state index in [1.54, 1.807) is 12.1 Å². The Morgan fingerprint density at radius 1 is 1.44 bits per heavy atom. The van der Waals surface area contributed by atoms with Crippen molar-refractivity contribution in [1.82, 2.24) is 9.55 Å². The molecule has 6 heteroatoms. The van der Waals surface area contributed by atoms with Gasteiger partial charge in [-0.15, -0.1) is 0 Å². The molecule has 0 unspecified atom stereocenters. The largest absolute Gasteiger partial charge is 0.506 e. The number of nitrogens with one attached hydrogen (secondary N) is 1. The number of phenolic OH excluding ortho intramolecular Hbond substituents is 1. The normalized spacial score (nSPS) is 10.8. The van der Waals surface area contributed by atoms with E-state index in [-0.39, 0.29) is 18.7 Å². The van der Waals surface area contributed by atoms with E-state index in [1.165, 1.54) is 10.6 Å². The van der Waals surface area contributed by atoms with Crippen molar-refractivity contribution in [2.75, 3.05) is 0 Å². The molecule has 3 N–H and O–H groups in total. The number of nitrogens with zero attached hydrogens (tertiary/aromatic N) is 1. The van der Waals surface area contributed by atoms with E-state index in [9.17, 15) is 14.7 Å². The SMILES string of the molecule is O=C(O)CCn1c(=O)[nH]c2cccc(O)c21. The molecular weight excluding hydrogens is 212 g/mol. The fourth-order valence-electron chi connectivity index (χ4n) is 1.62. The average molecular weight is 222 g/mol. The van der Waals surface area contributed by atoms with Gasteiger partial charge in [0.15, 0.2) is 0 Å². The summed E-state index contributed by atoms with van der Waals surface area (Å²) in [6.07, 6.45) is -0.165. The quantitative estimate of drug-likeness (QED) is 0.705. The first-order valence-corrected chi connectivity index (χ1v) is 4.72. The standard InChI is InChI=1S/C10H10N2O4/c13-7-3-1-2-6-9(7)12(10(16)11-6)5-4-8(14)15/h1-3,13H,4-5H2,(H,11,16)(H,14,15). The molecule has 0 saturated heterocycles. The summed E-state index contributed by atoms with van der Waals surface area (Å²) in [7, 11) is 0. The number of carboxylic acids is 1. The number of phenols is 1. The van der Waals surface area contributed by atoms with Crippen molar-refractivity contribution in [3.8, 4) is 5.75 Å². The van der Waals surface area contributed by atoms with Crippen LogP contribution in [-0.4, -0.2) is 25.7 Å². The van der Waals surface area contributed by atoms with E-state index < -0.39 is 11.7 Å². The van der Waals surface area contributed by atoms with E-state index >= 15 is 0 Å². The second kappa shape index (κ2) is 3.73. The Labute approximate surface area is 89.8 Å². The molecule has 84 valence electrons. The van der Waals surface area contributed by atoms with Crippen molar-refractivity contribution >= 4 is 17.0 Å². The lowest BCUT2D eigenvalue weighted by Gasteiger charge is -2.01. The third kappa shape index (κ3) is 1.65. The van der Waals surface area contributed by atoms with E-state index in [0.29, 0.717) is 11.0 Å². The van der Waals surface area contributed by atoms with Gasteiger partial charge in [-0.2, -0.15) is 0 Å². The zero-order chi connectivity index (χ0) is 11.7. The van der Waals surface area contributed by atoms with Gasteiger partial charge in [0.2, 0.25) is 0 Å². The molecule has 2 rings (SSSR count). The second-order valence-corrected chi connectivity index (χ2v) is 3.40. The highest BCUT2D eigenvalue weighted by Crippen LogP contribution is 2.21. The highest BCUT2D eigenvalue weighted by Gasteiger charge is 2.11. The number of carboxylic acid groups (broad SMARTS) is 1. The van der Waals surface area contributed by atoms with E-state index in [0.717, 1.165) is 0 Å². The highest BCUT2D eigenvalue weighted by atomic mass is 16.4. The van der Waals surface area contributed by atoms with Crippen LogP contribution in [0.3, 0.4) is 0 Å². The van der Waals surface area contributed by atoms with Gasteiger partial charge >= 0.3 is 11.7 Å². The van der Waals surface area contributed by atoms with E-state index in [2.05, 4.69) is 4.98 Å². The minimum atomic E-state index is -0.989. The van der Waals surface area contributed by atoms with Crippen LogP contribution < -0.4 is 5.69 Å². The van der Waals surface area contributed by atoms with Crippen LogP contribution in [0.5, 0.6) is 5.75 Å². The number of aliphatic carboxylic acids is 1. The number of aromatic amines is 1. The molecule has 0 atom stereocenters. The number of carbonyl (C=O) groups is 1. The minimum absolute atomic E-state index is 0.0335. The summed E-state index contributed by atoms with van der Waals surface area (Å²) >= 11 is 0. The first-order chi connectivity index (χ1) is 7.59. The molecule has 6 nitrogen and oxygen atoms in total. The monoisotopic (exact) mass is 222 g/mol. The third-order valence-electron chi connectivity index (χ3n) is 2.32. The first-order valence-electron chi connectivity index (χ1n) is 4.72. The lowest BCUT2D eigenvalue weighted by atomic mass is 10.3. The Morgan fingerprint density at radius 3 is 2.88 bits per heavy atom. The summed E-state index contributed by atoms with van der Waals surface area (Å²) in [5, 5.41) is 18.2. The van der Waals surface area contributed by atoms with Crippen molar-refractivity contribution in [3.63, 3.8) is 0 Å². The van der Waals surface area contributed by atoms with Gasteiger partial charge < -0.3 is 15.2 Å². The lowest BCUT2D eigenvalue weighted by molar-refractivity contribution is -0.137. The van der Waals surface area contributed by atoms with E-state index in [4.69, 9.17) is 5.11 Å². The minimum Gasteiger partial charge on any atom is -0.506 e. The number of para-hydroxylation sites is 1. The summed E-state index contributed by atoms with van der Waals surface area (Å²) in [6.45, 7) is 0.0335. The highest BCUT2D eigenvalue weighted by molar-refractivity contribution is 5.81. The third-order valence-corrected chi connectivity index (χ3v) is 2.32. The van der Waals surface area contributed by atoms with Crippen molar-refractivity contribution in [2.24, 2.45) is 0 Å². The lowest BCUT2D eigenvalue weighted by Crippen LogP contribution is -2.18. The maximum atomic E-state index is 11.5. The Balaban J connectivity index is 2.55. The summed E-state index contributed by atoms with van der Waals surface area (Å²) < 4.78 is 1.22. The Kier molecular flexibility index (Phi) is 2.40. The van der Waals surface area contributed by atoms with Crippen molar-refractivity contribution in [2.45, 2.75) is 13.0 Å². The predicted octanol–water partition coefficient (Wildman–Crippen LogP) is 0.510. The van der Waals surface area contributed by atoms with Gasteiger partial charge in [0, 0.05) is 6.54 Å². The fourth-order valence-corrected chi connectivity index (χ4v) is 1.62. The summed E-state index contributed by atoms with van der Waals surface area (Å²) in [6, 6.07) is 4.70. The van der Waals surface area contributed by atoms with Crippen LogP contribution in [0.15, 0.2) is 23.0 Å². The fraction of sp³-hybridized carbons (Fsp3) is 0.200. The molecule has 16 heavy (non-hydrogen) atoms. The number of hydrogen-bond acceptors (Lipinski definition) is 3. The molecule has 1 heterocycles. The molecule has 0 aliphatic heterocycles. The van der Waals surface area contributed by atoms with Crippen LogP contribution >= 0.6 is 0 Å². The van der Waals surface area contributed by atoms with Crippen LogP contribution in [-0.2, 0) is 11.3 Å². The zero-order valence-corrected chi connectivity index (χ0v) is 8.30. The number of aryl methyl sites for hydroxylation is 1. The molecule has 2 aromatic rings. The number of fused-ring (bicyclic) bond motifs is 1. The number of rotatable bonds is 3. The zero-order valence-electron chi connectivity index (χ0n) is 8.30. The van der Waals surface area contributed by atoms with Gasteiger partial charge in [0.25, 0.3) is 0 Å². The molecule has 0 radical (unpaired) electrons. The summed E-state index contributed by atoms with van der Waals surface area (Å²) in [5.74, 6) is -1.03. The number of hydrogen-bond donors (Lipinski definition) is 3. The molecule has 0 saturated carbocycles. The van der Waals surface area contributed by atoms with Gasteiger partial charge in [0.1, 0.15) is 11.3 Å². The Hall–Kier alpha value is -2.24. The van der Waals surface area contributed by atoms with Crippen LogP contribution in [0.2, 0.25) is 0 Å². The Bertz CT molecular complexity index is 596. The molecule has 0 spiro atoms. The van der Waals surface area contributed by atoms with Crippen LogP contribution in [0, 0.1) is 0 Å². The van der Waals surface area contributed by atoms with E-state index in [1.807, 2.05) is 0 Å². The molecule has 0 aliphatic carbocycles. The molecule has 1 aromatic heterocycles. The number of aromatic hydroxyl groups is 1. The van der Waals surface area contributed by atoms with Gasteiger partial charge in [-0.25, -0.2) is 4.79 Å². The summed E-state index contributed by atoms with van der Waals surface area (Å²) in [4.78, 5) is 24.5. The topological polar surface area (TPSA) is 95.3 Å². The van der Waals surface area contributed by atoms with Gasteiger partial charge in [-0.1, -0.05) is 6.07 Å². The van der Waals surface area contributed by atoms with Crippen LogP contribution in [0.1, 0.15) is 6.42 Å². The van der Waals surface area contributed by atoms with Crippen LogP contribution in [0.4, 0.5) is 0 Å². The van der Waals surface area contributed by atoms with Crippen LogP contribution in [0.25, 0.3) is 11.0 Å².